The number of aromatic nitrogens is 3. The van der Waals surface area contributed by atoms with E-state index in [1.807, 2.05) is 37.0 Å². The first-order valence-electron chi connectivity index (χ1n) is 9.78. The second-order valence-electron chi connectivity index (χ2n) is 7.06. The fourth-order valence-corrected chi connectivity index (χ4v) is 3.51. The number of hydrogen-bond donors (Lipinski definition) is 2. The second-order valence-corrected chi connectivity index (χ2v) is 7.06. The van der Waals surface area contributed by atoms with Gasteiger partial charge in [-0.1, -0.05) is 6.07 Å². The molecule has 2 aromatic rings. The normalized spacial score (nSPS) is 15.3. The van der Waals surface area contributed by atoms with Crippen LogP contribution >= 0.6 is 24.0 Å². The Morgan fingerprint density at radius 1 is 1.25 bits per heavy atom. The van der Waals surface area contributed by atoms with Crippen molar-refractivity contribution in [3.05, 3.63) is 41.3 Å². The molecular weight excluding hydrogens is 465 g/mol. The first-order valence-corrected chi connectivity index (χ1v) is 9.78. The van der Waals surface area contributed by atoms with E-state index in [0.29, 0.717) is 12.6 Å². The van der Waals surface area contributed by atoms with Crippen molar-refractivity contribution >= 4 is 35.8 Å². The van der Waals surface area contributed by atoms with Gasteiger partial charge in [-0.3, -0.25) is 4.68 Å². The molecular formula is C20H32IN7. The van der Waals surface area contributed by atoms with Crippen LogP contribution in [0.5, 0.6) is 0 Å². The smallest absolute Gasteiger partial charge is 0.191 e. The zero-order valence-electron chi connectivity index (χ0n) is 17.3. The van der Waals surface area contributed by atoms with Crippen LogP contribution in [0.15, 0.2) is 29.4 Å². The quantitative estimate of drug-likeness (QED) is 0.378. The summed E-state index contributed by atoms with van der Waals surface area (Å²) < 4.78 is 1.92. The monoisotopic (exact) mass is 497 g/mol. The second kappa shape index (κ2) is 10.6. The molecule has 3 heterocycles. The molecule has 0 aliphatic carbocycles. The van der Waals surface area contributed by atoms with Gasteiger partial charge in [-0.25, -0.2) is 9.98 Å². The molecule has 2 N–H and O–H groups in total. The van der Waals surface area contributed by atoms with E-state index in [9.17, 15) is 0 Å². The number of nitrogens with one attached hydrogen (secondary N) is 2. The Balaban J connectivity index is 0.00000280. The van der Waals surface area contributed by atoms with E-state index in [0.717, 1.165) is 49.9 Å². The molecule has 1 saturated heterocycles. The lowest BCUT2D eigenvalue weighted by Crippen LogP contribution is -2.48. The van der Waals surface area contributed by atoms with Gasteiger partial charge in [0.05, 0.1) is 12.2 Å². The minimum atomic E-state index is 0. The van der Waals surface area contributed by atoms with Crippen molar-refractivity contribution in [1.82, 2.24) is 25.4 Å². The molecule has 0 saturated carbocycles. The number of aryl methyl sites for hydroxylation is 2. The summed E-state index contributed by atoms with van der Waals surface area (Å²) in [4.78, 5) is 11.6. The maximum Gasteiger partial charge on any atom is 0.191 e. The van der Waals surface area contributed by atoms with Crippen molar-refractivity contribution in [3.8, 4) is 0 Å². The average Bonchev–Trinajstić information content (AvgIpc) is 2.93. The van der Waals surface area contributed by atoms with Gasteiger partial charge in [0, 0.05) is 50.2 Å². The van der Waals surface area contributed by atoms with Gasteiger partial charge >= 0.3 is 0 Å². The molecule has 0 atom stereocenters. The SMILES string of the molecule is CCNC(=NCc1c(C)nn(C)c1C)NC1CCN(c2ccccn2)CC1.I. The van der Waals surface area contributed by atoms with Gasteiger partial charge in [0.2, 0.25) is 0 Å². The zero-order valence-corrected chi connectivity index (χ0v) is 19.6. The standard InChI is InChI=1S/C20H31N7.HI/c1-5-21-20(23-14-18-15(2)25-26(4)16(18)3)24-17-9-12-27(13-10-17)19-8-6-7-11-22-19;/h6-8,11,17H,5,9-10,12-14H2,1-4H3,(H2,21,23,24);1H. The Morgan fingerprint density at radius 3 is 2.57 bits per heavy atom. The molecule has 8 heteroatoms. The van der Waals surface area contributed by atoms with Crippen LogP contribution in [0.2, 0.25) is 0 Å². The van der Waals surface area contributed by atoms with Crippen LogP contribution in [0.3, 0.4) is 0 Å². The van der Waals surface area contributed by atoms with Gasteiger partial charge in [0.25, 0.3) is 0 Å². The van der Waals surface area contributed by atoms with Crippen molar-refractivity contribution in [2.24, 2.45) is 12.0 Å². The number of piperidine rings is 1. The highest BCUT2D eigenvalue weighted by Crippen LogP contribution is 2.17. The third kappa shape index (κ3) is 5.59. The van der Waals surface area contributed by atoms with Crippen LogP contribution in [0, 0.1) is 13.8 Å². The van der Waals surface area contributed by atoms with Gasteiger partial charge in [0.1, 0.15) is 5.82 Å². The average molecular weight is 497 g/mol. The molecule has 154 valence electrons. The van der Waals surface area contributed by atoms with Crippen molar-refractivity contribution in [3.63, 3.8) is 0 Å². The number of guanidine groups is 1. The first kappa shape index (κ1) is 22.4. The van der Waals surface area contributed by atoms with Gasteiger partial charge in [-0.2, -0.15) is 5.10 Å². The fourth-order valence-electron chi connectivity index (χ4n) is 3.51. The molecule has 0 spiro atoms. The van der Waals surface area contributed by atoms with Crippen LogP contribution in [-0.2, 0) is 13.6 Å². The van der Waals surface area contributed by atoms with Crippen LogP contribution in [0.25, 0.3) is 0 Å². The predicted octanol–water partition coefficient (Wildman–Crippen LogP) is 2.77. The molecule has 0 unspecified atom stereocenters. The summed E-state index contributed by atoms with van der Waals surface area (Å²) in [5, 5.41) is 11.5. The van der Waals surface area contributed by atoms with Crippen LogP contribution < -0.4 is 15.5 Å². The lowest BCUT2D eigenvalue weighted by Gasteiger charge is -2.33. The topological polar surface area (TPSA) is 70.4 Å². The van der Waals surface area contributed by atoms with Gasteiger partial charge in [-0.15, -0.1) is 24.0 Å². The molecule has 0 radical (unpaired) electrons. The summed E-state index contributed by atoms with van der Waals surface area (Å²) in [6.45, 7) is 9.76. The third-order valence-corrected chi connectivity index (χ3v) is 5.21. The molecule has 1 aliphatic heterocycles. The molecule has 0 bridgehead atoms. The summed E-state index contributed by atoms with van der Waals surface area (Å²) >= 11 is 0. The van der Waals surface area contributed by atoms with E-state index >= 15 is 0 Å². The summed E-state index contributed by atoms with van der Waals surface area (Å²) in [5.74, 6) is 1.95. The molecule has 28 heavy (non-hydrogen) atoms. The summed E-state index contributed by atoms with van der Waals surface area (Å²) in [6, 6.07) is 6.52. The largest absolute Gasteiger partial charge is 0.357 e. The maximum atomic E-state index is 4.81. The van der Waals surface area contributed by atoms with Crippen molar-refractivity contribution in [1.29, 1.82) is 0 Å². The van der Waals surface area contributed by atoms with Crippen molar-refractivity contribution in [2.75, 3.05) is 24.5 Å². The van der Waals surface area contributed by atoms with E-state index < -0.39 is 0 Å². The maximum absolute atomic E-state index is 4.81. The van der Waals surface area contributed by atoms with Crippen LogP contribution in [0.4, 0.5) is 5.82 Å². The highest BCUT2D eigenvalue weighted by atomic mass is 127. The van der Waals surface area contributed by atoms with E-state index in [2.05, 4.69) is 45.5 Å². The summed E-state index contributed by atoms with van der Waals surface area (Å²) in [6.07, 6.45) is 4.01. The number of hydrogen-bond acceptors (Lipinski definition) is 4. The minimum Gasteiger partial charge on any atom is -0.357 e. The number of halogens is 1. The molecule has 1 fully saturated rings. The molecule has 7 nitrogen and oxygen atoms in total. The Hall–Kier alpha value is -1.84. The Bertz CT molecular complexity index is 764. The number of aliphatic imine (C=N–C) groups is 1. The van der Waals surface area contributed by atoms with Gasteiger partial charge in [0.15, 0.2) is 5.96 Å². The molecule has 0 amide bonds. The fraction of sp³-hybridized carbons (Fsp3) is 0.550. The number of nitrogens with zero attached hydrogens (tertiary/aromatic N) is 5. The Kier molecular flexibility index (Phi) is 8.53. The Labute approximate surface area is 185 Å². The van der Waals surface area contributed by atoms with Gasteiger partial charge in [-0.05, 0) is 45.7 Å². The molecule has 2 aromatic heterocycles. The van der Waals surface area contributed by atoms with Crippen molar-refractivity contribution < 1.29 is 0 Å². The molecule has 0 aromatic carbocycles. The predicted molar refractivity (Wildman–Crippen MR) is 126 cm³/mol. The minimum absolute atomic E-state index is 0. The Morgan fingerprint density at radius 2 is 2.00 bits per heavy atom. The third-order valence-electron chi connectivity index (χ3n) is 5.21. The first-order chi connectivity index (χ1) is 13.1. The highest BCUT2D eigenvalue weighted by Gasteiger charge is 2.21. The van der Waals surface area contributed by atoms with E-state index in [1.54, 1.807) is 0 Å². The lowest BCUT2D eigenvalue weighted by atomic mass is 10.1. The summed E-state index contributed by atoms with van der Waals surface area (Å²) in [5.41, 5.74) is 3.44. The van der Waals surface area contributed by atoms with E-state index in [-0.39, 0.29) is 24.0 Å². The lowest BCUT2D eigenvalue weighted by molar-refractivity contribution is 0.459. The van der Waals surface area contributed by atoms with Crippen LogP contribution in [-0.4, -0.2) is 46.4 Å². The summed E-state index contributed by atoms with van der Waals surface area (Å²) in [7, 11) is 1.98. The number of anilines is 1. The molecule has 1 aliphatic rings. The van der Waals surface area contributed by atoms with Crippen molar-refractivity contribution in [2.45, 2.75) is 46.2 Å². The van der Waals surface area contributed by atoms with Crippen LogP contribution in [0.1, 0.15) is 36.7 Å². The number of rotatable bonds is 5. The van der Waals surface area contributed by atoms with E-state index in [4.69, 9.17) is 4.99 Å². The molecule has 3 rings (SSSR count). The number of pyridine rings is 1. The van der Waals surface area contributed by atoms with E-state index in [1.165, 1.54) is 11.3 Å². The highest BCUT2D eigenvalue weighted by molar-refractivity contribution is 14.0. The van der Waals surface area contributed by atoms with Gasteiger partial charge < -0.3 is 15.5 Å². The zero-order chi connectivity index (χ0) is 19.2.